The molecule has 7 nitrogen and oxygen atoms in total. The van der Waals surface area contributed by atoms with E-state index in [-0.39, 0.29) is 28.9 Å². The standard InChI is InChI=1S/C20H22FN5O2S/c1-12-24-25-19(28-12)29-11-18(27)23-16-8-20(2,3)9-17-15(16)10-22-26(17)14-6-4-13(21)5-7-14/h4-7,10,16H,8-9,11H2,1-3H3,(H,23,27)/t16-/m0/s1. The summed E-state index contributed by atoms with van der Waals surface area (Å²) in [4.78, 5) is 12.5. The summed E-state index contributed by atoms with van der Waals surface area (Å²) in [5.74, 6) is 0.281. The Hall–Kier alpha value is -2.68. The van der Waals surface area contributed by atoms with Crippen LogP contribution in [0.5, 0.6) is 0 Å². The van der Waals surface area contributed by atoms with Crippen molar-refractivity contribution in [2.45, 2.75) is 44.9 Å². The lowest BCUT2D eigenvalue weighted by Gasteiger charge is -2.36. The predicted molar refractivity (Wildman–Crippen MR) is 106 cm³/mol. The first-order valence-corrected chi connectivity index (χ1v) is 10.3. The fraction of sp³-hybridized carbons (Fsp3) is 0.400. The maximum absolute atomic E-state index is 13.3. The number of aryl methyl sites for hydroxylation is 1. The van der Waals surface area contributed by atoms with Crippen LogP contribution in [0.3, 0.4) is 0 Å². The molecule has 0 aliphatic heterocycles. The van der Waals surface area contributed by atoms with Gasteiger partial charge >= 0.3 is 0 Å². The first kappa shape index (κ1) is 19.6. The first-order valence-electron chi connectivity index (χ1n) is 9.36. The van der Waals surface area contributed by atoms with Gasteiger partial charge in [0.1, 0.15) is 5.82 Å². The predicted octanol–water partition coefficient (Wildman–Crippen LogP) is 3.62. The van der Waals surface area contributed by atoms with Gasteiger partial charge in [-0.2, -0.15) is 5.10 Å². The van der Waals surface area contributed by atoms with Gasteiger partial charge in [-0.05, 0) is 42.5 Å². The zero-order chi connectivity index (χ0) is 20.6. The molecule has 1 aromatic carbocycles. The van der Waals surface area contributed by atoms with Crippen LogP contribution in [-0.2, 0) is 11.2 Å². The third-order valence-corrected chi connectivity index (χ3v) is 5.74. The van der Waals surface area contributed by atoms with Gasteiger partial charge in [0.2, 0.25) is 11.8 Å². The Morgan fingerprint density at radius 2 is 2.10 bits per heavy atom. The number of hydrogen-bond acceptors (Lipinski definition) is 6. The summed E-state index contributed by atoms with van der Waals surface area (Å²) in [5, 5.41) is 15.7. The van der Waals surface area contributed by atoms with Gasteiger partial charge < -0.3 is 9.73 Å². The number of amides is 1. The molecule has 4 rings (SSSR count). The molecule has 0 fully saturated rings. The molecule has 0 spiro atoms. The molecule has 0 saturated heterocycles. The fourth-order valence-corrected chi connectivity index (χ4v) is 4.29. The third-order valence-electron chi connectivity index (χ3n) is 4.92. The average Bonchev–Trinajstić information content (AvgIpc) is 3.26. The molecule has 0 radical (unpaired) electrons. The number of rotatable bonds is 5. The van der Waals surface area contributed by atoms with E-state index in [1.54, 1.807) is 25.3 Å². The molecule has 29 heavy (non-hydrogen) atoms. The van der Waals surface area contributed by atoms with E-state index in [4.69, 9.17) is 4.42 Å². The number of hydrogen-bond donors (Lipinski definition) is 1. The van der Waals surface area contributed by atoms with Crippen molar-refractivity contribution >= 4 is 17.7 Å². The van der Waals surface area contributed by atoms with E-state index < -0.39 is 0 Å². The molecule has 1 atom stereocenters. The highest BCUT2D eigenvalue weighted by molar-refractivity contribution is 7.99. The Bertz CT molecular complexity index is 1030. The molecular weight excluding hydrogens is 393 g/mol. The van der Waals surface area contributed by atoms with Crippen molar-refractivity contribution < 1.29 is 13.6 Å². The molecule has 152 valence electrons. The Labute approximate surface area is 172 Å². The fourth-order valence-electron chi connectivity index (χ4n) is 3.68. The minimum atomic E-state index is -0.283. The van der Waals surface area contributed by atoms with Crippen molar-refractivity contribution in [1.82, 2.24) is 25.3 Å². The molecule has 3 aromatic rings. The van der Waals surface area contributed by atoms with E-state index in [0.29, 0.717) is 11.1 Å². The molecule has 9 heteroatoms. The van der Waals surface area contributed by atoms with Gasteiger partial charge in [0.15, 0.2) is 0 Å². The van der Waals surface area contributed by atoms with Gasteiger partial charge in [-0.3, -0.25) is 4.79 Å². The van der Waals surface area contributed by atoms with Crippen LogP contribution in [0.25, 0.3) is 5.69 Å². The van der Waals surface area contributed by atoms with Crippen molar-refractivity contribution in [2.24, 2.45) is 5.41 Å². The Morgan fingerprint density at radius 1 is 1.34 bits per heavy atom. The van der Waals surface area contributed by atoms with Crippen LogP contribution < -0.4 is 5.32 Å². The highest BCUT2D eigenvalue weighted by atomic mass is 32.2. The number of halogens is 1. The number of carbonyl (C=O) groups is 1. The summed E-state index contributed by atoms with van der Waals surface area (Å²) in [6.07, 6.45) is 3.43. The molecule has 2 heterocycles. The largest absolute Gasteiger partial charge is 0.416 e. The number of aromatic nitrogens is 4. The number of thioether (sulfide) groups is 1. The summed E-state index contributed by atoms with van der Waals surface area (Å²) in [6.45, 7) is 6.06. The lowest BCUT2D eigenvalue weighted by atomic mass is 9.74. The van der Waals surface area contributed by atoms with Gasteiger partial charge in [-0.15, -0.1) is 10.2 Å². The van der Waals surface area contributed by atoms with Gasteiger partial charge in [0.05, 0.1) is 29.4 Å². The molecule has 0 unspecified atom stereocenters. The molecule has 2 aromatic heterocycles. The maximum Gasteiger partial charge on any atom is 0.277 e. The van der Waals surface area contributed by atoms with E-state index in [2.05, 4.69) is 34.5 Å². The number of carbonyl (C=O) groups excluding carboxylic acids is 1. The molecule has 0 bridgehead atoms. The Balaban J connectivity index is 1.53. The van der Waals surface area contributed by atoms with Crippen molar-refractivity contribution in [3.8, 4) is 5.69 Å². The minimum absolute atomic E-state index is 0.0144. The lowest BCUT2D eigenvalue weighted by molar-refractivity contribution is -0.119. The molecule has 1 amide bonds. The van der Waals surface area contributed by atoms with E-state index in [0.717, 1.165) is 29.8 Å². The SMILES string of the molecule is Cc1nnc(SCC(=O)N[C@H]2CC(C)(C)Cc3c2cnn3-c2ccc(F)cc2)o1. The van der Waals surface area contributed by atoms with E-state index >= 15 is 0 Å². The Morgan fingerprint density at radius 3 is 2.79 bits per heavy atom. The summed E-state index contributed by atoms with van der Waals surface area (Å²) in [5.41, 5.74) is 2.83. The summed E-state index contributed by atoms with van der Waals surface area (Å²) >= 11 is 1.21. The van der Waals surface area contributed by atoms with Crippen molar-refractivity contribution in [1.29, 1.82) is 0 Å². The molecular formula is C20H22FN5O2S. The van der Waals surface area contributed by atoms with Crippen LogP contribution in [0.2, 0.25) is 0 Å². The second-order valence-electron chi connectivity index (χ2n) is 7.98. The minimum Gasteiger partial charge on any atom is -0.416 e. The molecule has 1 N–H and O–H groups in total. The number of fused-ring (bicyclic) bond motifs is 1. The zero-order valence-electron chi connectivity index (χ0n) is 16.5. The van der Waals surface area contributed by atoms with Crippen LogP contribution in [0.15, 0.2) is 40.1 Å². The maximum atomic E-state index is 13.3. The third kappa shape index (κ3) is 4.34. The second-order valence-corrected chi connectivity index (χ2v) is 8.90. The highest BCUT2D eigenvalue weighted by Crippen LogP contribution is 2.41. The van der Waals surface area contributed by atoms with Crippen LogP contribution in [0, 0.1) is 18.2 Å². The summed E-state index contributed by atoms with van der Waals surface area (Å²) in [7, 11) is 0. The number of nitrogens with one attached hydrogen (secondary N) is 1. The van der Waals surface area contributed by atoms with E-state index in [9.17, 15) is 9.18 Å². The van der Waals surface area contributed by atoms with Gasteiger partial charge in [0.25, 0.3) is 5.22 Å². The summed E-state index contributed by atoms with van der Waals surface area (Å²) in [6, 6.07) is 6.13. The van der Waals surface area contributed by atoms with Crippen molar-refractivity contribution in [3.63, 3.8) is 0 Å². The smallest absolute Gasteiger partial charge is 0.277 e. The van der Waals surface area contributed by atoms with Crippen LogP contribution in [0.1, 0.15) is 43.5 Å². The lowest BCUT2D eigenvalue weighted by Crippen LogP contribution is -2.37. The van der Waals surface area contributed by atoms with Gasteiger partial charge in [0, 0.05) is 12.5 Å². The van der Waals surface area contributed by atoms with Crippen molar-refractivity contribution in [3.05, 3.63) is 53.4 Å². The normalized spacial score (nSPS) is 17.7. The van der Waals surface area contributed by atoms with E-state index in [1.165, 1.54) is 23.9 Å². The number of benzene rings is 1. The number of nitrogens with zero attached hydrogens (tertiary/aromatic N) is 4. The summed E-state index contributed by atoms with van der Waals surface area (Å²) < 4.78 is 20.4. The quantitative estimate of drug-likeness (QED) is 0.641. The molecule has 1 aliphatic rings. The van der Waals surface area contributed by atoms with Crippen LogP contribution >= 0.6 is 11.8 Å². The van der Waals surface area contributed by atoms with Crippen molar-refractivity contribution in [2.75, 3.05) is 5.75 Å². The van der Waals surface area contributed by atoms with E-state index in [1.807, 2.05) is 4.68 Å². The molecule has 0 saturated carbocycles. The van der Waals surface area contributed by atoms with Gasteiger partial charge in [-0.1, -0.05) is 25.6 Å². The van der Waals surface area contributed by atoms with Gasteiger partial charge in [-0.25, -0.2) is 9.07 Å². The van der Waals surface area contributed by atoms with Crippen LogP contribution in [0.4, 0.5) is 4.39 Å². The first-order chi connectivity index (χ1) is 13.8. The monoisotopic (exact) mass is 415 g/mol. The zero-order valence-corrected chi connectivity index (χ0v) is 17.3. The topological polar surface area (TPSA) is 85.8 Å². The van der Waals surface area contributed by atoms with Crippen LogP contribution in [-0.4, -0.2) is 31.6 Å². The highest BCUT2D eigenvalue weighted by Gasteiger charge is 2.36. The molecule has 1 aliphatic carbocycles. The Kier molecular flexibility index (Phi) is 5.16. The average molecular weight is 415 g/mol. The second kappa shape index (κ2) is 7.62.